The second kappa shape index (κ2) is 9.73. The van der Waals surface area contributed by atoms with Crippen molar-refractivity contribution in [3.05, 3.63) is 71.4 Å². The van der Waals surface area contributed by atoms with Crippen molar-refractivity contribution in [2.24, 2.45) is 0 Å². The fraction of sp³-hybridized carbons (Fsp3) is 0.269. The van der Waals surface area contributed by atoms with Gasteiger partial charge < -0.3 is 14.8 Å². The van der Waals surface area contributed by atoms with Gasteiger partial charge in [-0.05, 0) is 55.3 Å². The zero-order chi connectivity index (χ0) is 23.4. The highest BCUT2D eigenvalue weighted by Crippen LogP contribution is 2.35. The number of aromatic nitrogens is 3. The topological polar surface area (TPSA) is 78.3 Å². The smallest absolute Gasteiger partial charge is 0.222 e. The Labute approximate surface area is 193 Å². The van der Waals surface area contributed by atoms with E-state index in [1.807, 2.05) is 66.2 Å². The molecule has 0 saturated heterocycles. The van der Waals surface area contributed by atoms with Crippen molar-refractivity contribution in [3.8, 4) is 22.8 Å². The number of nitrogens with zero attached hydrogens (tertiary/aromatic N) is 3. The molecule has 7 heteroatoms. The third-order valence-corrected chi connectivity index (χ3v) is 5.56. The van der Waals surface area contributed by atoms with Crippen molar-refractivity contribution in [1.29, 1.82) is 0 Å². The Balaban J connectivity index is 1.57. The average Bonchev–Trinajstić information content (AvgIpc) is 3.20. The van der Waals surface area contributed by atoms with Gasteiger partial charge in [-0.25, -0.2) is 9.67 Å². The molecule has 4 rings (SSSR count). The summed E-state index contributed by atoms with van der Waals surface area (Å²) in [4.78, 5) is 17.3. The molecule has 2 aromatic heterocycles. The lowest BCUT2D eigenvalue weighted by atomic mass is 10.0. The molecule has 0 spiro atoms. The van der Waals surface area contributed by atoms with Crippen LogP contribution in [0.1, 0.15) is 23.2 Å². The first-order chi connectivity index (χ1) is 16.0. The number of pyridine rings is 1. The van der Waals surface area contributed by atoms with Crippen LogP contribution in [0.5, 0.6) is 11.5 Å². The van der Waals surface area contributed by atoms with Gasteiger partial charge in [0.1, 0.15) is 17.2 Å². The fourth-order valence-corrected chi connectivity index (χ4v) is 3.98. The molecule has 170 valence electrons. The highest BCUT2D eigenvalue weighted by molar-refractivity contribution is 5.95. The van der Waals surface area contributed by atoms with Gasteiger partial charge in [0.2, 0.25) is 5.91 Å². The molecule has 33 heavy (non-hydrogen) atoms. The molecule has 0 aliphatic heterocycles. The molecule has 1 amide bonds. The Morgan fingerprint density at radius 1 is 1.03 bits per heavy atom. The summed E-state index contributed by atoms with van der Waals surface area (Å²) in [6.07, 6.45) is 0.292. The number of methoxy groups -OCH3 is 2. The largest absolute Gasteiger partial charge is 0.497 e. The lowest BCUT2D eigenvalue weighted by Crippen LogP contribution is -2.24. The molecule has 7 nitrogen and oxygen atoms in total. The van der Waals surface area contributed by atoms with Crippen LogP contribution in [0, 0.1) is 13.8 Å². The summed E-state index contributed by atoms with van der Waals surface area (Å²) in [5.41, 5.74) is 5.47. The van der Waals surface area contributed by atoms with Gasteiger partial charge >= 0.3 is 0 Å². The maximum Gasteiger partial charge on any atom is 0.222 e. The number of hydrogen-bond donors (Lipinski definition) is 1. The monoisotopic (exact) mass is 444 g/mol. The Bertz CT molecular complexity index is 1300. The molecule has 0 bridgehead atoms. The number of rotatable bonds is 8. The minimum Gasteiger partial charge on any atom is -0.497 e. The summed E-state index contributed by atoms with van der Waals surface area (Å²) in [6, 6.07) is 17.5. The Morgan fingerprint density at radius 2 is 1.85 bits per heavy atom. The normalized spacial score (nSPS) is 10.9. The van der Waals surface area contributed by atoms with Gasteiger partial charge in [-0.2, -0.15) is 5.10 Å². The van der Waals surface area contributed by atoms with E-state index in [0.717, 1.165) is 50.6 Å². The van der Waals surface area contributed by atoms with Crippen LogP contribution in [-0.4, -0.2) is 34.9 Å². The van der Waals surface area contributed by atoms with Crippen LogP contribution >= 0.6 is 0 Å². The van der Waals surface area contributed by atoms with E-state index in [1.165, 1.54) is 0 Å². The van der Waals surface area contributed by atoms with Gasteiger partial charge in [-0.15, -0.1) is 0 Å². The molecule has 1 N–H and O–H groups in total. The molecule has 2 heterocycles. The number of aryl methyl sites for hydroxylation is 3. The Morgan fingerprint density at radius 3 is 2.64 bits per heavy atom. The Hall–Kier alpha value is -3.87. The molecule has 2 aromatic carbocycles. The fourth-order valence-electron chi connectivity index (χ4n) is 3.98. The summed E-state index contributed by atoms with van der Waals surface area (Å²) < 4.78 is 12.6. The summed E-state index contributed by atoms with van der Waals surface area (Å²) in [7, 11) is 3.28. The van der Waals surface area contributed by atoms with Crippen molar-refractivity contribution in [2.75, 3.05) is 14.2 Å². The van der Waals surface area contributed by atoms with Gasteiger partial charge in [0.15, 0.2) is 5.65 Å². The van der Waals surface area contributed by atoms with E-state index in [0.29, 0.717) is 19.5 Å². The predicted molar refractivity (Wildman–Crippen MR) is 128 cm³/mol. The number of ether oxygens (including phenoxy) is 2. The number of benzene rings is 2. The maximum atomic E-state index is 12.6. The lowest BCUT2D eigenvalue weighted by Gasteiger charge is -2.08. The summed E-state index contributed by atoms with van der Waals surface area (Å²) in [5.74, 6) is 1.47. The van der Waals surface area contributed by atoms with Crippen LogP contribution in [-0.2, 0) is 17.9 Å². The van der Waals surface area contributed by atoms with E-state index < -0.39 is 0 Å². The molecular weight excluding hydrogens is 416 g/mol. The number of para-hydroxylation sites is 1. The molecule has 0 aliphatic rings. The third-order valence-electron chi connectivity index (χ3n) is 5.56. The zero-order valence-electron chi connectivity index (χ0n) is 19.4. The Kier molecular flexibility index (Phi) is 6.58. The van der Waals surface area contributed by atoms with Gasteiger partial charge in [0, 0.05) is 24.2 Å². The SMILES string of the molecule is COc1cccc(CNC(=O)CCn2nc(-c3ccccc3OC)c3c(C)cc(C)nc32)c1. The van der Waals surface area contributed by atoms with E-state index in [1.54, 1.807) is 14.2 Å². The van der Waals surface area contributed by atoms with Crippen LogP contribution in [0.4, 0.5) is 0 Å². The summed E-state index contributed by atoms with van der Waals surface area (Å²) in [6.45, 7) is 4.89. The quantitative estimate of drug-likeness (QED) is 0.435. The first-order valence-electron chi connectivity index (χ1n) is 10.9. The second-order valence-corrected chi connectivity index (χ2v) is 7.93. The van der Waals surface area contributed by atoms with Crippen molar-refractivity contribution in [1.82, 2.24) is 20.1 Å². The summed E-state index contributed by atoms with van der Waals surface area (Å²) >= 11 is 0. The van der Waals surface area contributed by atoms with Crippen LogP contribution in [0.3, 0.4) is 0 Å². The van der Waals surface area contributed by atoms with E-state index >= 15 is 0 Å². The van der Waals surface area contributed by atoms with Gasteiger partial charge in [-0.1, -0.05) is 24.3 Å². The molecule has 0 fully saturated rings. The average molecular weight is 445 g/mol. The highest BCUT2D eigenvalue weighted by Gasteiger charge is 2.19. The van der Waals surface area contributed by atoms with Crippen LogP contribution in [0.2, 0.25) is 0 Å². The van der Waals surface area contributed by atoms with Gasteiger partial charge in [0.25, 0.3) is 0 Å². The number of nitrogens with one attached hydrogen (secondary N) is 1. The number of fused-ring (bicyclic) bond motifs is 1. The number of carbonyl (C=O) groups is 1. The van der Waals surface area contributed by atoms with E-state index in [9.17, 15) is 4.79 Å². The minimum atomic E-state index is -0.0512. The van der Waals surface area contributed by atoms with Crippen molar-refractivity contribution in [3.63, 3.8) is 0 Å². The van der Waals surface area contributed by atoms with Crippen molar-refractivity contribution >= 4 is 16.9 Å². The minimum absolute atomic E-state index is 0.0512. The molecule has 0 radical (unpaired) electrons. The standard InChI is InChI=1S/C26H28N4O3/c1-17-14-18(2)28-26-24(17)25(21-10-5-6-11-22(21)33-4)29-30(26)13-12-23(31)27-16-19-8-7-9-20(15-19)32-3/h5-11,14-15H,12-13,16H2,1-4H3,(H,27,31). The van der Waals surface area contributed by atoms with Gasteiger partial charge in [-0.3, -0.25) is 4.79 Å². The lowest BCUT2D eigenvalue weighted by molar-refractivity contribution is -0.121. The maximum absolute atomic E-state index is 12.6. The number of amides is 1. The van der Waals surface area contributed by atoms with E-state index in [-0.39, 0.29) is 5.91 Å². The zero-order valence-corrected chi connectivity index (χ0v) is 19.4. The molecule has 0 atom stereocenters. The molecule has 0 aliphatic carbocycles. The summed E-state index contributed by atoms with van der Waals surface area (Å²) in [5, 5.41) is 8.81. The molecule has 4 aromatic rings. The number of hydrogen-bond acceptors (Lipinski definition) is 5. The highest BCUT2D eigenvalue weighted by atomic mass is 16.5. The molecule has 0 saturated carbocycles. The van der Waals surface area contributed by atoms with Gasteiger partial charge in [0.05, 0.1) is 26.2 Å². The first kappa shape index (κ1) is 22.3. The predicted octanol–water partition coefficient (Wildman–Crippen LogP) is 4.44. The van der Waals surface area contributed by atoms with E-state index in [4.69, 9.17) is 19.6 Å². The molecule has 0 unspecified atom stereocenters. The second-order valence-electron chi connectivity index (χ2n) is 7.93. The van der Waals surface area contributed by atoms with Crippen LogP contribution in [0.25, 0.3) is 22.3 Å². The number of carbonyl (C=O) groups excluding carboxylic acids is 1. The third kappa shape index (κ3) is 4.82. The van der Waals surface area contributed by atoms with Crippen LogP contribution < -0.4 is 14.8 Å². The molecular formula is C26H28N4O3. The van der Waals surface area contributed by atoms with Crippen molar-refractivity contribution < 1.29 is 14.3 Å². The van der Waals surface area contributed by atoms with Crippen molar-refractivity contribution in [2.45, 2.75) is 33.4 Å². The first-order valence-corrected chi connectivity index (χ1v) is 10.9. The van der Waals surface area contributed by atoms with E-state index in [2.05, 4.69) is 12.2 Å². The van der Waals surface area contributed by atoms with Crippen LogP contribution in [0.15, 0.2) is 54.6 Å².